The molecule has 0 bridgehead atoms. The Balaban J connectivity index is 1.47. The van der Waals surface area contributed by atoms with Crippen molar-refractivity contribution >= 4 is 16.9 Å². The molecule has 2 aromatic heterocycles. The van der Waals surface area contributed by atoms with Crippen molar-refractivity contribution in [2.75, 3.05) is 4.90 Å². The Morgan fingerprint density at radius 1 is 0.833 bits per heavy atom. The molecule has 5 rings (SSSR count). The van der Waals surface area contributed by atoms with Crippen LogP contribution in [-0.2, 0) is 32.5 Å². The number of imidazole rings is 1. The van der Waals surface area contributed by atoms with E-state index in [2.05, 4.69) is 52.3 Å². The number of aryl methyl sites for hydroxylation is 2. The Kier molecular flexibility index (Phi) is 5.20. The lowest BCUT2D eigenvalue weighted by molar-refractivity contribution is 0.661. The van der Waals surface area contributed by atoms with E-state index in [9.17, 15) is 0 Å². The summed E-state index contributed by atoms with van der Waals surface area (Å²) in [6, 6.07) is 21.1. The average Bonchev–Trinajstić information content (AvgIpc) is 3.21. The van der Waals surface area contributed by atoms with Gasteiger partial charge in [-0.1, -0.05) is 42.5 Å². The van der Waals surface area contributed by atoms with E-state index in [1.165, 1.54) is 29.7 Å². The van der Waals surface area contributed by atoms with Gasteiger partial charge in [0.1, 0.15) is 11.6 Å². The second kappa shape index (κ2) is 8.28. The quantitative estimate of drug-likeness (QED) is 0.502. The number of pyridine rings is 1. The molecule has 2 heterocycles. The van der Waals surface area contributed by atoms with E-state index in [4.69, 9.17) is 15.7 Å². The molecule has 0 radical (unpaired) electrons. The molecular weight excluding hydrogens is 370 g/mol. The zero-order valence-electron chi connectivity index (χ0n) is 17.1. The van der Waals surface area contributed by atoms with Crippen LogP contribution in [0.25, 0.3) is 11.0 Å². The van der Waals surface area contributed by atoms with Crippen molar-refractivity contribution in [3.63, 3.8) is 0 Å². The Bertz CT molecular complexity index is 1110. The van der Waals surface area contributed by atoms with E-state index in [0.29, 0.717) is 13.1 Å². The second-order valence-corrected chi connectivity index (χ2v) is 8.06. The van der Waals surface area contributed by atoms with Gasteiger partial charge >= 0.3 is 0 Å². The van der Waals surface area contributed by atoms with Gasteiger partial charge in [-0.2, -0.15) is 0 Å². The molecule has 1 aliphatic carbocycles. The number of benzene rings is 2. The van der Waals surface area contributed by atoms with Crippen molar-refractivity contribution in [2.45, 2.75) is 45.3 Å². The number of nitrogens with one attached hydrogen (secondary N) is 1. The van der Waals surface area contributed by atoms with Crippen LogP contribution in [0.5, 0.6) is 0 Å². The summed E-state index contributed by atoms with van der Waals surface area (Å²) in [7, 11) is 0. The summed E-state index contributed by atoms with van der Waals surface area (Å²) < 4.78 is 0. The highest BCUT2D eigenvalue weighted by atomic mass is 15.2. The Hall–Kier alpha value is -3.18. The number of hydrogen-bond donors (Lipinski definition) is 2. The Morgan fingerprint density at radius 2 is 1.63 bits per heavy atom. The number of anilines is 1. The van der Waals surface area contributed by atoms with E-state index in [-0.39, 0.29) is 0 Å². The lowest BCUT2D eigenvalue weighted by Gasteiger charge is -2.25. The standard InChI is InChI=1S/C25H27N5/c26-15-18-9-11-19(12-10-18)16-30(17-24-27-22-7-3-4-8-23(22)28-24)25-14-13-20-5-1-2-6-21(20)29-25/h3-4,7-14H,1-2,5-6,15-17,26H2,(H,27,28). The first kappa shape index (κ1) is 18.8. The van der Waals surface area contributed by atoms with Crippen LogP contribution in [0.4, 0.5) is 5.82 Å². The SMILES string of the molecule is NCc1ccc(CN(Cc2nc3ccccc3[nH]2)c2ccc3c(n2)CCCC3)cc1. The molecule has 5 heteroatoms. The number of para-hydroxylation sites is 2. The van der Waals surface area contributed by atoms with E-state index in [1.54, 1.807) is 0 Å². The fraction of sp³-hybridized carbons (Fsp3) is 0.280. The first-order valence-electron chi connectivity index (χ1n) is 10.7. The van der Waals surface area contributed by atoms with Crippen LogP contribution in [-0.4, -0.2) is 15.0 Å². The van der Waals surface area contributed by atoms with Crippen molar-refractivity contribution < 1.29 is 0 Å². The molecule has 5 nitrogen and oxygen atoms in total. The number of H-pyrrole nitrogens is 1. The van der Waals surface area contributed by atoms with E-state index >= 15 is 0 Å². The third-order valence-electron chi connectivity index (χ3n) is 5.90. The fourth-order valence-electron chi connectivity index (χ4n) is 4.23. The summed E-state index contributed by atoms with van der Waals surface area (Å²) in [4.78, 5) is 15.6. The molecule has 0 saturated carbocycles. The van der Waals surface area contributed by atoms with Crippen LogP contribution in [0.1, 0.15) is 41.1 Å². The number of rotatable bonds is 6. The average molecular weight is 398 g/mol. The highest BCUT2D eigenvalue weighted by Gasteiger charge is 2.16. The molecule has 0 aliphatic heterocycles. The minimum Gasteiger partial charge on any atom is -0.345 e. The molecule has 0 fully saturated rings. The van der Waals surface area contributed by atoms with E-state index < -0.39 is 0 Å². The first-order valence-corrected chi connectivity index (χ1v) is 10.7. The number of aromatic nitrogens is 3. The Labute approximate surface area is 177 Å². The molecule has 0 spiro atoms. The van der Waals surface area contributed by atoms with Crippen molar-refractivity contribution in [1.29, 1.82) is 0 Å². The monoisotopic (exact) mass is 397 g/mol. The van der Waals surface area contributed by atoms with Gasteiger partial charge in [-0.25, -0.2) is 9.97 Å². The highest BCUT2D eigenvalue weighted by molar-refractivity contribution is 5.74. The van der Waals surface area contributed by atoms with Gasteiger partial charge in [0.15, 0.2) is 0 Å². The summed E-state index contributed by atoms with van der Waals surface area (Å²) >= 11 is 0. The minimum atomic E-state index is 0.565. The molecule has 0 saturated heterocycles. The van der Waals surface area contributed by atoms with Crippen LogP contribution in [0.3, 0.4) is 0 Å². The van der Waals surface area contributed by atoms with Crippen molar-refractivity contribution in [2.24, 2.45) is 5.73 Å². The predicted octanol–water partition coefficient (Wildman–Crippen LogP) is 4.50. The molecule has 152 valence electrons. The summed E-state index contributed by atoms with van der Waals surface area (Å²) in [5, 5.41) is 0. The van der Waals surface area contributed by atoms with Crippen LogP contribution in [0.15, 0.2) is 60.7 Å². The first-order chi connectivity index (χ1) is 14.8. The zero-order valence-corrected chi connectivity index (χ0v) is 17.1. The third kappa shape index (κ3) is 3.94. The highest BCUT2D eigenvalue weighted by Crippen LogP contribution is 2.25. The Morgan fingerprint density at radius 3 is 2.47 bits per heavy atom. The molecule has 3 N–H and O–H groups in total. The molecule has 0 unspecified atom stereocenters. The third-order valence-corrected chi connectivity index (χ3v) is 5.90. The van der Waals surface area contributed by atoms with Gasteiger partial charge < -0.3 is 15.6 Å². The smallest absolute Gasteiger partial charge is 0.129 e. The summed E-state index contributed by atoms with van der Waals surface area (Å²) in [5.41, 5.74) is 12.9. The van der Waals surface area contributed by atoms with Gasteiger partial charge in [0.25, 0.3) is 0 Å². The van der Waals surface area contributed by atoms with Gasteiger partial charge in [0.2, 0.25) is 0 Å². The van der Waals surface area contributed by atoms with Gasteiger partial charge in [-0.15, -0.1) is 0 Å². The van der Waals surface area contributed by atoms with Crippen molar-refractivity contribution in [1.82, 2.24) is 15.0 Å². The lowest BCUT2D eigenvalue weighted by atomic mass is 9.96. The van der Waals surface area contributed by atoms with Crippen LogP contribution < -0.4 is 10.6 Å². The van der Waals surface area contributed by atoms with E-state index in [1.807, 2.05) is 18.2 Å². The maximum absolute atomic E-state index is 5.76. The maximum atomic E-state index is 5.76. The molecular formula is C25H27N5. The molecule has 30 heavy (non-hydrogen) atoms. The van der Waals surface area contributed by atoms with Crippen LogP contribution >= 0.6 is 0 Å². The van der Waals surface area contributed by atoms with Gasteiger partial charge in [0, 0.05) is 18.8 Å². The number of nitrogens with zero attached hydrogens (tertiary/aromatic N) is 3. The second-order valence-electron chi connectivity index (χ2n) is 8.06. The van der Waals surface area contributed by atoms with Gasteiger partial charge in [0.05, 0.1) is 17.6 Å². The number of aromatic amines is 1. The fourth-order valence-corrected chi connectivity index (χ4v) is 4.23. The van der Waals surface area contributed by atoms with Gasteiger partial charge in [-0.05, 0) is 60.6 Å². The number of hydrogen-bond acceptors (Lipinski definition) is 4. The lowest BCUT2D eigenvalue weighted by Crippen LogP contribution is -2.24. The summed E-state index contributed by atoms with van der Waals surface area (Å²) in [5.74, 6) is 1.97. The number of fused-ring (bicyclic) bond motifs is 2. The summed E-state index contributed by atoms with van der Waals surface area (Å²) in [6.07, 6.45) is 4.72. The van der Waals surface area contributed by atoms with Crippen LogP contribution in [0, 0.1) is 0 Å². The molecule has 0 atom stereocenters. The zero-order chi connectivity index (χ0) is 20.3. The van der Waals surface area contributed by atoms with E-state index in [0.717, 1.165) is 47.6 Å². The minimum absolute atomic E-state index is 0.565. The van der Waals surface area contributed by atoms with Crippen molar-refractivity contribution in [3.8, 4) is 0 Å². The number of nitrogens with two attached hydrogens (primary N) is 1. The summed E-state index contributed by atoms with van der Waals surface area (Å²) in [6.45, 7) is 2.02. The largest absolute Gasteiger partial charge is 0.345 e. The molecule has 0 amide bonds. The topological polar surface area (TPSA) is 70.8 Å². The normalized spacial score (nSPS) is 13.4. The maximum Gasteiger partial charge on any atom is 0.129 e. The molecule has 1 aliphatic rings. The molecule has 2 aromatic carbocycles. The van der Waals surface area contributed by atoms with Gasteiger partial charge in [-0.3, -0.25) is 0 Å². The predicted molar refractivity (Wildman–Crippen MR) is 121 cm³/mol. The molecule has 4 aromatic rings. The van der Waals surface area contributed by atoms with Crippen LogP contribution in [0.2, 0.25) is 0 Å². The van der Waals surface area contributed by atoms with Crippen molar-refractivity contribution in [3.05, 3.63) is 88.9 Å².